The summed E-state index contributed by atoms with van der Waals surface area (Å²) in [4.78, 5) is 2.73. The Bertz CT molecular complexity index is 2610. The third kappa shape index (κ3) is 7.21. The first-order chi connectivity index (χ1) is 31.5. The number of nitrogens with zero attached hydrogens (tertiary/aromatic N) is 1. The van der Waals surface area contributed by atoms with E-state index in [0.717, 1.165) is 13.1 Å². The van der Waals surface area contributed by atoms with Crippen LogP contribution in [0.4, 0.5) is 5.69 Å². The van der Waals surface area contributed by atoms with Crippen molar-refractivity contribution in [2.24, 2.45) is 0 Å². The molecule has 6 aromatic carbocycles. The van der Waals surface area contributed by atoms with Gasteiger partial charge in [0.2, 0.25) is 0 Å². The van der Waals surface area contributed by atoms with Crippen molar-refractivity contribution in [2.75, 3.05) is 18.0 Å². The zero-order chi connectivity index (χ0) is 43.7. The lowest BCUT2D eigenvalue weighted by Crippen LogP contribution is -2.35. The summed E-state index contributed by atoms with van der Waals surface area (Å²) in [5.74, 6) is 15.9. The van der Waals surface area contributed by atoms with Crippen molar-refractivity contribution >= 4 is 5.69 Å². The minimum atomic E-state index is 0.0847. The number of anilines is 1. The van der Waals surface area contributed by atoms with E-state index in [1.165, 1.54) is 177 Å². The van der Waals surface area contributed by atoms with Gasteiger partial charge < -0.3 is 4.90 Å². The highest BCUT2D eigenvalue weighted by atomic mass is 15.1. The van der Waals surface area contributed by atoms with Crippen LogP contribution in [0.15, 0.2) is 109 Å². The monoisotopic (exact) mass is 836 g/mol. The van der Waals surface area contributed by atoms with Crippen molar-refractivity contribution in [2.45, 2.75) is 135 Å². The molecule has 0 N–H and O–H groups in total. The Kier molecular flexibility index (Phi) is 12.1. The average molecular weight is 836 g/mol. The first kappa shape index (κ1) is 42.2. The molecule has 0 saturated heterocycles. The molecule has 4 bridgehead atoms. The van der Waals surface area contributed by atoms with E-state index in [4.69, 9.17) is 0 Å². The third-order valence-electron chi connectivity index (χ3n) is 15.4. The Morgan fingerprint density at radius 2 is 0.734 bits per heavy atom. The fraction of sp³-hybridized carbons (Fsp3) is 0.365. The van der Waals surface area contributed by atoms with Gasteiger partial charge in [-0.05, 0) is 124 Å². The molecular weight excluding hydrogens is 771 g/mol. The second kappa shape index (κ2) is 18.4. The van der Waals surface area contributed by atoms with Crippen molar-refractivity contribution < 1.29 is 0 Å². The second-order valence-corrected chi connectivity index (χ2v) is 19.3. The highest BCUT2D eigenvalue weighted by Gasteiger charge is 2.50. The first-order valence-corrected chi connectivity index (χ1v) is 24.9. The molecule has 0 fully saturated rings. The Morgan fingerprint density at radius 1 is 0.406 bits per heavy atom. The van der Waals surface area contributed by atoms with Crippen LogP contribution in [0.25, 0.3) is 0 Å². The van der Waals surface area contributed by atoms with Gasteiger partial charge in [-0.25, -0.2) is 0 Å². The van der Waals surface area contributed by atoms with Crippen LogP contribution in [0.3, 0.4) is 0 Å². The van der Waals surface area contributed by atoms with Crippen molar-refractivity contribution in [1.29, 1.82) is 0 Å². The maximum absolute atomic E-state index is 4.18. The largest absolute Gasteiger partial charge is 0.371 e. The lowest BCUT2D eigenvalue weighted by molar-refractivity contribution is 0.574. The predicted molar refractivity (Wildman–Crippen MR) is 269 cm³/mol. The zero-order valence-electron chi connectivity index (χ0n) is 39.0. The second-order valence-electron chi connectivity index (χ2n) is 19.3. The molecule has 0 spiro atoms. The Hall–Kier alpha value is -5.76. The maximum Gasteiger partial charge on any atom is 0.0528 e. The molecule has 0 aliphatic heterocycles. The quantitative estimate of drug-likeness (QED) is 0.0734. The summed E-state index contributed by atoms with van der Waals surface area (Å²) >= 11 is 0. The van der Waals surface area contributed by atoms with Gasteiger partial charge in [0.05, 0.1) is 5.69 Å². The van der Waals surface area contributed by atoms with Gasteiger partial charge in [-0.2, -0.15) is 0 Å². The normalized spacial score (nSPS) is 17.5. The fourth-order valence-corrected chi connectivity index (χ4v) is 12.3. The van der Waals surface area contributed by atoms with Crippen LogP contribution in [0.1, 0.15) is 216 Å². The molecular formula is C63H65N. The van der Waals surface area contributed by atoms with Crippen molar-refractivity contribution in [3.63, 3.8) is 0 Å². The highest BCUT2D eigenvalue weighted by Crippen LogP contribution is 2.64. The number of unbranched alkanes of at least 4 members (excludes halogenated alkanes) is 10. The summed E-state index contributed by atoms with van der Waals surface area (Å²) in [5, 5.41) is 0. The molecule has 1 heteroatoms. The number of aryl methyl sites for hydroxylation is 2. The van der Waals surface area contributed by atoms with Crippen LogP contribution in [0, 0.1) is 37.5 Å². The summed E-state index contributed by atoms with van der Waals surface area (Å²) in [6.07, 6.45) is 15.7. The Morgan fingerprint density at radius 3 is 1.09 bits per heavy atom. The third-order valence-corrected chi connectivity index (χ3v) is 15.4. The SMILES string of the molecule is CC#Cc1c2c(c(C#Cc3cc(C)c(C)cc3N(CCCCCCCC)CCCCCCCC)c3c1C1c4ccccc4C3c3ccccc31)C1c3ccccc3C2c2ccccc21. The maximum atomic E-state index is 4.18. The Labute approximate surface area is 384 Å². The molecule has 6 aliphatic rings. The van der Waals surface area contributed by atoms with Gasteiger partial charge in [0.25, 0.3) is 0 Å². The minimum absolute atomic E-state index is 0.0847. The van der Waals surface area contributed by atoms with E-state index >= 15 is 0 Å². The fourth-order valence-electron chi connectivity index (χ4n) is 12.3. The summed E-state index contributed by atoms with van der Waals surface area (Å²) in [6, 6.07) is 42.0. The molecule has 0 atom stereocenters. The van der Waals surface area contributed by atoms with E-state index in [9.17, 15) is 0 Å². The van der Waals surface area contributed by atoms with Crippen LogP contribution in [-0.4, -0.2) is 13.1 Å². The lowest BCUT2D eigenvalue weighted by Gasteiger charge is -2.48. The van der Waals surface area contributed by atoms with Gasteiger partial charge in [0.1, 0.15) is 0 Å². The van der Waals surface area contributed by atoms with E-state index in [1.54, 1.807) is 0 Å². The van der Waals surface area contributed by atoms with E-state index < -0.39 is 0 Å². The zero-order valence-corrected chi connectivity index (χ0v) is 39.0. The molecule has 322 valence electrons. The van der Waals surface area contributed by atoms with E-state index in [2.05, 4.69) is 165 Å². The molecule has 0 saturated carbocycles. The minimum Gasteiger partial charge on any atom is -0.371 e. The van der Waals surface area contributed by atoms with Crippen molar-refractivity contribution in [3.8, 4) is 23.7 Å². The number of hydrogen-bond donors (Lipinski definition) is 0. The van der Waals surface area contributed by atoms with Gasteiger partial charge in [0.15, 0.2) is 0 Å². The molecule has 6 aliphatic carbocycles. The van der Waals surface area contributed by atoms with Crippen LogP contribution in [-0.2, 0) is 0 Å². The molecule has 0 heterocycles. The topological polar surface area (TPSA) is 3.24 Å². The van der Waals surface area contributed by atoms with E-state index in [1.807, 2.05) is 6.92 Å². The molecule has 64 heavy (non-hydrogen) atoms. The molecule has 0 aromatic heterocycles. The molecule has 12 rings (SSSR count). The van der Waals surface area contributed by atoms with Gasteiger partial charge >= 0.3 is 0 Å². The highest BCUT2D eigenvalue weighted by molar-refractivity contribution is 5.83. The standard InChI is InChI=1S/C63H65N/c1-6-9-11-13-15-25-38-64(39-26-16-14-12-10-7-2)55-41-43(5)42(4)40-44(55)36-37-54-62-58-49-32-21-17-28-45(49)56(46-29-18-22-33-50(46)58)60(62)53(27-8-3)61-57-47-30-19-23-34-51(47)59(63(54)61)52-35-24-20-31-48(52)57/h17-24,28-35,40-41,56-59H,6-7,9-16,25-26,38-39H2,1-5H3. The number of rotatable bonds is 15. The molecule has 1 nitrogen and oxygen atoms in total. The van der Waals surface area contributed by atoms with Gasteiger partial charge in [-0.3, -0.25) is 0 Å². The number of benzene rings is 6. The van der Waals surface area contributed by atoms with Gasteiger partial charge in [-0.1, -0.05) is 193 Å². The van der Waals surface area contributed by atoms with Crippen LogP contribution >= 0.6 is 0 Å². The van der Waals surface area contributed by atoms with Crippen molar-refractivity contribution in [3.05, 3.63) is 204 Å². The molecule has 0 radical (unpaired) electrons. The number of hydrogen-bond acceptors (Lipinski definition) is 1. The Balaban J connectivity index is 1.20. The lowest BCUT2D eigenvalue weighted by atomic mass is 9.53. The molecule has 6 aromatic rings. The molecule has 0 unspecified atom stereocenters. The van der Waals surface area contributed by atoms with Crippen LogP contribution < -0.4 is 4.90 Å². The van der Waals surface area contributed by atoms with Gasteiger partial charge in [-0.15, -0.1) is 5.92 Å². The summed E-state index contributed by atoms with van der Waals surface area (Å²) in [5.41, 5.74) is 24.6. The van der Waals surface area contributed by atoms with E-state index in [0.29, 0.717) is 0 Å². The van der Waals surface area contributed by atoms with E-state index in [-0.39, 0.29) is 23.7 Å². The smallest absolute Gasteiger partial charge is 0.0528 e. The average Bonchev–Trinajstić information content (AvgIpc) is 3.33. The predicted octanol–water partition coefficient (Wildman–Crippen LogP) is 15.6. The summed E-state index contributed by atoms with van der Waals surface area (Å²) in [7, 11) is 0. The van der Waals surface area contributed by atoms with Gasteiger partial charge in [0, 0.05) is 53.5 Å². The summed E-state index contributed by atoms with van der Waals surface area (Å²) < 4.78 is 0. The van der Waals surface area contributed by atoms with Crippen molar-refractivity contribution in [1.82, 2.24) is 0 Å². The first-order valence-electron chi connectivity index (χ1n) is 24.9. The van der Waals surface area contributed by atoms with Crippen LogP contribution in [0.5, 0.6) is 0 Å². The molecule has 0 amide bonds. The summed E-state index contributed by atoms with van der Waals surface area (Å²) in [6.45, 7) is 13.4. The van der Waals surface area contributed by atoms with Crippen LogP contribution in [0.2, 0.25) is 0 Å².